The highest BCUT2D eigenvalue weighted by Gasteiger charge is 2.31. The Bertz CT molecular complexity index is 537. The molecule has 3 rings (SSSR count). The Morgan fingerprint density at radius 1 is 1.04 bits per heavy atom. The van der Waals surface area contributed by atoms with Crippen LogP contribution >= 0.6 is 0 Å². The second-order valence-corrected chi connectivity index (χ2v) is 7.59. The summed E-state index contributed by atoms with van der Waals surface area (Å²) < 4.78 is 0. The third kappa shape index (κ3) is 3.60. The van der Waals surface area contributed by atoms with Crippen molar-refractivity contribution < 1.29 is 4.79 Å². The molecule has 2 fully saturated rings. The van der Waals surface area contributed by atoms with Crippen LogP contribution in [0, 0.1) is 5.92 Å². The molecule has 23 heavy (non-hydrogen) atoms. The summed E-state index contributed by atoms with van der Waals surface area (Å²) in [5.41, 5.74) is 2.17. The highest BCUT2D eigenvalue weighted by molar-refractivity contribution is 5.94. The van der Waals surface area contributed by atoms with E-state index in [0.717, 1.165) is 25.2 Å². The van der Waals surface area contributed by atoms with Gasteiger partial charge in [0.25, 0.3) is 5.91 Å². The van der Waals surface area contributed by atoms with E-state index in [4.69, 9.17) is 0 Å². The number of piperazine rings is 1. The molecule has 2 aliphatic rings. The summed E-state index contributed by atoms with van der Waals surface area (Å²) in [4.78, 5) is 17.4. The lowest BCUT2D eigenvalue weighted by atomic mass is 9.90. The lowest BCUT2D eigenvalue weighted by molar-refractivity contribution is 0.0372. The van der Waals surface area contributed by atoms with Gasteiger partial charge in [-0.15, -0.1) is 0 Å². The number of amides is 1. The van der Waals surface area contributed by atoms with Crippen molar-refractivity contribution in [2.75, 3.05) is 26.2 Å². The normalized spacial score (nSPS) is 23.7. The molecule has 2 saturated heterocycles. The van der Waals surface area contributed by atoms with Crippen molar-refractivity contribution in [2.24, 2.45) is 5.92 Å². The van der Waals surface area contributed by atoms with Gasteiger partial charge >= 0.3 is 0 Å². The molecular formula is C20H30N2O. The van der Waals surface area contributed by atoms with Crippen molar-refractivity contribution in [2.45, 2.75) is 52.0 Å². The first-order chi connectivity index (χ1) is 11.1. The van der Waals surface area contributed by atoms with E-state index in [0.29, 0.717) is 17.9 Å². The average Bonchev–Trinajstić information content (AvgIpc) is 2.60. The minimum Gasteiger partial charge on any atom is -0.336 e. The molecule has 3 nitrogen and oxygen atoms in total. The Morgan fingerprint density at radius 2 is 1.78 bits per heavy atom. The van der Waals surface area contributed by atoms with Crippen LogP contribution in [0.15, 0.2) is 24.3 Å². The number of fused-ring (bicyclic) bond motifs is 1. The number of hydrogen-bond acceptors (Lipinski definition) is 2. The van der Waals surface area contributed by atoms with E-state index in [-0.39, 0.29) is 5.91 Å². The summed E-state index contributed by atoms with van der Waals surface area (Å²) in [5.74, 6) is 1.36. The summed E-state index contributed by atoms with van der Waals surface area (Å²) in [7, 11) is 0. The second kappa shape index (κ2) is 7.04. The minimum absolute atomic E-state index is 0.207. The van der Waals surface area contributed by atoms with Gasteiger partial charge in [0, 0.05) is 31.2 Å². The molecule has 0 N–H and O–H groups in total. The van der Waals surface area contributed by atoms with Gasteiger partial charge in [-0.2, -0.15) is 0 Å². The van der Waals surface area contributed by atoms with Crippen LogP contribution in [-0.2, 0) is 0 Å². The zero-order valence-electron chi connectivity index (χ0n) is 14.8. The molecule has 0 saturated carbocycles. The van der Waals surface area contributed by atoms with Gasteiger partial charge in [-0.1, -0.05) is 39.3 Å². The molecule has 1 amide bonds. The van der Waals surface area contributed by atoms with Gasteiger partial charge in [-0.3, -0.25) is 9.69 Å². The Kier molecular flexibility index (Phi) is 5.05. The maximum absolute atomic E-state index is 12.8. The molecule has 2 atom stereocenters. The van der Waals surface area contributed by atoms with Gasteiger partial charge in [-0.25, -0.2) is 0 Å². The molecule has 0 aliphatic carbocycles. The van der Waals surface area contributed by atoms with E-state index >= 15 is 0 Å². The van der Waals surface area contributed by atoms with E-state index < -0.39 is 0 Å². The van der Waals surface area contributed by atoms with Gasteiger partial charge in [0.2, 0.25) is 0 Å². The zero-order chi connectivity index (χ0) is 16.4. The van der Waals surface area contributed by atoms with Crippen LogP contribution in [-0.4, -0.2) is 47.9 Å². The Balaban J connectivity index is 1.66. The highest BCUT2D eigenvalue weighted by atomic mass is 16.2. The molecule has 0 aromatic heterocycles. The smallest absolute Gasteiger partial charge is 0.253 e. The number of carbonyl (C=O) groups is 1. The molecule has 2 aliphatic heterocycles. The zero-order valence-corrected chi connectivity index (χ0v) is 14.8. The number of carbonyl (C=O) groups excluding carboxylic acids is 1. The monoisotopic (exact) mass is 314 g/mol. The number of nitrogens with zero attached hydrogens (tertiary/aromatic N) is 2. The fourth-order valence-electron chi connectivity index (χ4n) is 3.84. The molecule has 2 unspecified atom stereocenters. The number of rotatable bonds is 3. The molecule has 3 heteroatoms. The van der Waals surface area contributed by atoms with Crippen molar-refractivity contribution >= 4 is 5.91 Å². The summed E-state index contributed by atoms with van der Waals surface area (Å²) in [6.45, 7) is 10.8. The van der Waals surface area contributed by atoms with Gasteiger partial charge < -0.3 is 4.90 Å². The largest absolute Gasteiger partial charge is 0.336 e. The Hall–Kier alpha value is -1.35. The maximum Gasteiger partial charge on any atom is 0.253 e. The summed E-state index contributed by atoms with van der Waals surface area (Å²) >= 11 is 0. The van der Waals surface area contributed by atoms with Gasteiger partial charge in [0.1, 0.15) is 0 Å². The number of benzene rings is 1. The van der Waals surface area contributed by atoms with Crippen LogP contribution in [0.25, 0.3) is 0 Å². The molecule has 0 radical (unpaired) electrons. The van der Waals surface area contributed by atoms with Crippen LogP contribution in [0.3, 0.4) is 0 Å². The van der Waals surface area contributed by atoms with E-state index in [1.807, 2.05) is 12.1 Å². The van der Waals surface area contributed by atoms with Crippen molar-refractivity contribution in [3.05, 3.63) is 35.4 Å². The minimum atomic E-state index is 0.207. The molecular weight excluding hydrogens is 284 g/mol. The van der Waals surface area contributed by atoms with Crippen molar-refractivity contribution in [3.8, 4) is 0 Å². The first kappa shape index (κ1) is 16.5. The van der Waals surface area contributed by atoms with Gasteiger partial charge in [0.05, 0.1) is 0 Å². The maximum atomic E-state index is 12.8. The lowest BCUT2D eigenvalue weighted by Gasteiger charge is -2.44. The van der Waals surface area contributed by atoms with Crippen molar-refractivity contribution in [1.82, 2.24) is 9.80 Å². The van der Waals surface area contributed by atoms with E-state index in [2.05, 4.69) is 42.7 Å². The summed E-state index contributed by atoms with van der Waals surface area (Å²) in [6, 6.07) is 8.89. The van der Waals surface area contributed by atoms with Crippen LogP contribution in [0.2, 0.25) is 0 Å². The second-order valence-electron chi connectivity index (χ2n) is 7.59. The van der Waals surface area contributed by atoms with Crippen molar-refractivity contribution in [1.29, 1.82) is 0 Å². The summed E-state index contributed by atoms with van der Waals surface area (Å²) in [6.07, 6.45) is 3.87. The lowest BCUT2D eigenvalue weighted by Crippen LogP contribution is -2.56. The van der Waals surface area contributed by atoms with Gasteiger partial charge in [0.15, 0.2) is 0 Å². The molecule has 2 heterocycles. The van der Waals surface area contributed by atoms with Crippen molar-refractivity contribution in [3.63, 3.8) is 0 Å². The molecule has 0 bridgehead atoms. The standard InChI is InChI=1S/C20H30N2O/c1-15(2)16(3)17-7-9-18(10-8-17)20(23)22-13-12-21-11-5-4-6-19(21)14-22/h7-10,15-16,19H,4-6,11-14H2,1-3H3. The molecule has 126 valence electrons. The number of hydrogen-bond donors (Lipinski definition) is 0. The highest BCUT2D eigenvalue weighted by Crippen LogP contribution is 2.25. The average molecular weight is 314 g/mol. The first-order valence-electron chi connectivity index (χ1n) is 9.19. The van der Waals surface area contributed by atoms with E-state index in [1.54, 1.807) is 0 Å². The third-order valence-electron chi connectivity index (χ3n) is 5.81. The SMILES string of the molecule is CC(C)C(C)c1ccc(C(=O)N2CCN3CCCCC3C2)cc1. The predicted molar refractivity (Wildman–Crippen MR) is 94.8 cm³/mol. The van der Waals surface area contributed by atoms with Crippen LogP contribution in [0.1, 0.15) is 61.9 Å². The fourth-order valence-corrected chi connectivity index (χ4v) is 3.84. The molecule has 0 spiro atoms. The summed E-state index contributed by atoms with van der Waals surface area (Å²) in [5, 5.41) is 0. The van der Waals surface area contributed by atoms with Crippen LogP contribution in [0.4, 0.5) is 0 Å². The Morgan fingerprint density at radius 3 is 2.48 bits per heavy atom. The first-order valence-corrected chi connectivity index (χ1v) is 9.19. The van der Waals surface area contributed by atoms with E-state index in [9.17, 15) is 4.79 Å². The topological polar surface area (TPSA) is 23.6 Å². The quantitative estimate of drug-likeness (QED) is 0.848. The van der Waals surface area contributed by atoms with E-state index in [1.165, 1.54) is 31.4 Å². The predicted octanol–water partition coefficient (Wildman–Crippen LogP) is 3.76. The fraction of sp³-hybridized carbons (Fsp3) is 0.650. The molecule has 1 aromatic rings. The third-order valence-corrected chi connectivity index (χ3v) is 5.81. The Labute approximate surface area is 140 Å². The molecule has 1 aromatic carbocycles. The van der Waals surface area contributed by atoms with Crippen LogP contribution in [0.5, 0.6) is 0 Å². The van der Waals surface area contributed by atoms with Crippen LogP contribution < -0.4 is 0 Å². The number of piperidine rings is 1. The van der Waals surface area contributed by atoms with Gasteiger partial charge in [-0.05, 0) is 48.9 Å².